The predicted octanol–water partition coefficient (Wildman–Crippen LogP) is 3.76. The van der Waals surface area contributed by atoms with Gasteiger partial charge in [0.2, 0.25) is 5.91 Å². The van der Waals surface area contributed by atoms with Crippen LogP contribution in [0.3, 0.4) is 0 Å². The first kappa shape index (κ1) is 17.5. The summed E-state index contributed by atoms with van der Waals surface area (Å²) in [6.45, 7) is 0. The molecule has 0 radical (unpaired) electrons. The number of aromatic nitrogens is 4. The molecule has 1 aromatic carbocycles. The van der Waals surface area contributed by atoms with Gasteiger partial charge in [0.05, 0.1) is 28.4 Å². The molecule has 3 rings (SSSR count). The van der Waals surface area contributed by atoms with Crippen molar-refractivity contribution in [2.75, 3.05) is 11.1 Å². The van der Waals surface area contributed by atoms with Gasteiger partial charge in [-0.15, -0.1) is 0 Å². The van der Waals surface area contributed by atoms with Gasteiger partial charge in [-0.05, 0) is 18.2 Å². The lowest BCUT2D eigenvalue weighted by molar-refractivity contribution is -0.137. The van der Waals surface area contributed by atoms with Gasteiger partial charge in [0, 0.05) is 0 Å². The second-order valence-corrected chi connectivity index (χ2v) is 6.18. The highest BCUT2D eigenvalue weighted by Gasteiger charge is 2.31. The predicted molar refractivity (Wildman–Crippen MR) is 87.5 cm³/mol. The number of aromatic amines is 1. The van der Waals surface area contributed by atoms with E-state index in [1.54, 1.807) is 0 Å². The number of anilines is 1. The maximum atomic E-state index is 12.7. The Morgan fingerprint density at radius 3 is 2.84 bits per heavy atom. The van der Waals surface area contributed by atoms with E-state index in [0.29, 0.717) is 16.2 Å². The molecule has 0 aliphatic carbocycles. The topological polar surface area (TPSA) is 83.6 Å². The first-order valence-electron chi connectivity index (χ1n) is 6.78. The van der Waals surface area contributed by atoms with Crippen molar-refractivity contribution in [3.8, 4) is 0 Å². The third-order valence-corrected chi connectivity index (χ3v) is 4.42. The molecule has 0 fully saturated rings. The summed E-state index contributed by atoms with van der Waals surface area (Å²) in [5, 5.41) is 2.90. The zero-order valence-corrected chi connectivity index (χ0v) is 13.8. The van der Waals surface area contributed by atoms with Gasteiger partial charge in [0.15, 0.2) is 5.65 Å². The molecule has 2 heterocycles. The van der Waals surface area contributed by atoms with E-state index in [2.05, 4.69) is 25.3 Å². The highest BCUT2D eigenvalue weighted by Crippen LogP contribution is 2.34. The minimum Gasteiger partial charge on any atom is -0.341 e. The Kier molecular flexibility index (Phi) is 4.82. The zero-order chi connectivity index (χ0) is 18.0. The second kappa shape index (κ2) is 6.89. The van der Waals surface area contributed by atoms with Crippen LogP contribution in [-0.4, -0.2) is 31.6 Å². The largest absolute Gasteiger partial charge is 0.416 e. The lowest BCUT2D eigenvalue weighted by Crippen LogP contribution is -2.15. The van der Waals surface area contributed by atoms with Gasteiger partial charge in [-0.1, -0.05) is 23.4 Å². The molecule has 0 spiro atoms. The number of fused-ring (bicyclic) bond motifs is 1. The van der Waals surface area contributed by atoms with E-state index in [9.17, 15) is 18.0 Å². The number of amides is 1. The van der Waals surface area contributed by atoms with Gasteiger partial charge in [-0.25, -0.2) is 15.0 Å². The van der Waals surface area contributed by atoms with Gasteiger partial charge >= 0.3 is 6.18 Å². The lowest BCUT2D eigenvalue weighted by atomic mass is 10.2. The zero-order valence-electron chi connectivity index (χ0n) is 12.3. The third kappa shape index (κ3) is 4.02. The van der Waals surface area contributed by atoms with E-state index in [0.717, 1.165) is 30.0 Å². The number of nitrogens with one attached hydrogen (secondary N) is 2. The molecular formula is C14H9ClF3N5OS. The average Bonchev–Trinajstić information content (AvgIpc) is 3.03. The number of benzene rings is 1. The number of nitrogens with zero attached hydrogens (tertiary/aromatic N) is 3. The molecular weight excluding hydrogens is 379 g/mol. The number of hydrogen-bond acceptors (Lipinski definition) is 5. The van der Waals surface area contributed by atoms with Crippen LogP contribution in [0.5, 0.6) is 0 Å². The third-order valence-electron chi connectivity index (χ3n) is 3.10. The maximum absolute atomic E-state index is 12.7. The van der Waals surface area contributed by atoms with Crippen LogP contribution in [0.25, 0.3) is 11.2 Å². The summed E-state index contributed by atoms with van der Waals surface area (Å²) in [7, 11) is 0. The molecule has 11 heteroatoms. The number of halogens is 4. The van der Waals surface area contributed by atoms with Crippen molar-refractivity contribution < 1.29 is 18.0 Å². The molecule has 0 bridgehead atoms. The number of carbonyl (C=O) groups excluding carboxylic acids is 1. The minimum atomic E-state index is -4.52. The number of alkyl halides is 3. The fourth-order valence-electron chi connectivity index (χ4n) is 1.97. The molecule has 25 heavy (non-hydrogen) atoms. The molecule has 3 aromatic rings. The van der Waals surface area contributed by atoms with Crippen molar-refractivity contribution in [2.24, 2.45) is 0 Å². The SMILES string of the molecule is O=C(CSc1ncnc2nc[nH]c12)Nc1cc(C(F)(F)F)ccc1Cl. The van der Waals surface area contributed by atoms with Crippen LogP contribution in [-0.2, 0) is 11.0 Å². The van der Waals surface area contributed by atoms with E-state index in [1.807, 2.05) is 0 Å². The van der Waals surface area contributed by atoms with Crippen LogP contribution in [0.2, 0.25) is 5.02 Å². The van der Waals surface area contributed by atoms with E-state index >= 15 is 0 Å². The lowest BCUT2D eigenvalue weighted by Gasteiger charge is -2.11. The molecule has 0 aliphatic heterocycles. The quantitative estimate of drug-likeness (QED) is 0.526. The van der Waals surface area contributed by atoms with Crippen molar-refractivity contribution in [1.29, 1.82) is 0 Å². The Bertz CT molecular complexity index is 930. The Morgan fingerprint density at radius 1 is 1.28 bits per heavy atom. The molecule has 0 atom stereocenters. The van der Waals surface area contributed by atoms with E-state index in [1.165, 1.54) is 12.7 Å². The first-order valence-corrected chi connectivity index (χ1v) is 8.14. The molecule has 1 amide bonds. The fraction of sp³-hybridized carbons (Fsp3) is 0.143. The van der Waals surface area contributed by atoms with Crippen LogP contribution in [0.15, 0.2) is 35.9 Å². The normalized spacial score (nSPS) is 11.7. The smallest absolute Gasteiger partial charge is 0.341 e. The van der Waals surface area contributed by atoms with Crippen LogP contribution >= 0.6 is 23.4 Å². The minimum absolute atomic E-state index is 0.0179. The summed E-state index contributed by atoms with van der Waals surface area (Å²) in [5.41, 5.74) is 0.0440. The molecule has 0 saturated heterocycles. The van der Waals surface area contributed by atoms with Crippen LogP contribution in [0, 0.1) is 0 Å². The van der Waals surface area contributed by atoms with Crippen molar-refractivity contribution >= 4 is 46.1 Å². The Labute approximate surface area is 148 Å². The summed E-state index contributed by atoms with van der Waals surface area (Å²) in [4.78, 5) is 26.9. The van der Waals surface area contributed by atoms with Gasteiger partial charge in [-0.2, -0.15) is 13.2 Å². The fourth-order valence-corrected chi connectivity index (χ4v) is 2.89. The first-order chi connectivity index (χ1) is 11.8. The molecule has 0 saturated carbocycles. The van der Waals surface area contributed by atoms with E-state index in [4.69, 9.17) is 11.6 Å². The van der Waals surface area contributed by atoms with Crippen molar-refractivity contribution in [2.45, 2.75) is 11.2 Å². The molecule has 2 N–H and O–H groups in total. The summed E-state index contributed by atoms with van der Waals surface area (Å²) < 4.78 is 38.2. The van der Waals surface area contributed by atoms with Gasteiger partial charge in [0.1, 0.15) is 16.9 Å². The van der Waals surface area contributed by atoms with Crippen molar-refractivity contribution in [3.05, 3.63) is 41.4 Å². The Hall–Kier alpha value is -2.33. The average molecular weight is 388 g/mol. The monoisotopic (exact) mass is 387 g/mol. The van der Waals surface area contributed by atoms with Crippen LogP contribution in [0.1, 0.15) is 5.56 Å². The number of carbonyl (C=O) groups is 1. The van der Waals surface area contributed by atoms with Crippen molar-refractivity contribution in [1.82, 2.24) is 19.9 Å². The van der Waals surface area contributed by atoms with E-state index < -0.39 is 17.6 Å². The Morgan fingerprint density at radius 2 is 2.08 bits per heavy atom. The summed E-state index contributed by atoms with van der Waals surface area (Å²) in [6, 6.07) is 2.73. The highest BCUT2D eigenvalue weighted by molar-refractivity contribution is 8.00. The number of hydrogen-bond donors (Lipinski definition) is 2. The maximum Gasteiger partial charge on any atom is 0.416 e. The summed E-state index contributed by atoms with van der Waals surface area (Å²) >= 11 is 6.95. The standard InChI is InChI=1S/C14H9ClF3N5OS/c15-8-2-1-7(14(16,17)18)3-9(8)23-10(24)4-25-13-11-12(20-5-19-11)21-6-22-13/h1-3,5-6H,4H2,(H,23,24)(H,19,20,21,22). The number of imidazole rings is 1. The summed E-state index contributed by atoms with van der Waals surface area (Å²) in [6.07, 6.45) is -1.76. The summed E-state index contributed by atoms with van der Waals surface area (Å²) in [5.74, 6) is -0.588. The second-order valence-electron chi connectivity index (χ2n) is 4.81. The van der Waals surface area contributed by atoms with E-state index in [-0.39, 0.29) is 16.5 Å². The van der Waals surface area contributed by atoms with Gasteiger partial charge in [-0.3, -0.25) is 4.79 Å². The number of H-pyrrole nitrogens is 1. The molecule has 130 valence electrons. The molecule has 0 aliphatic rings. The molecule has 2 aromatic heterocycles. The molecule has 0 unspecified atom stereocenters. The number of rotatable bonds is 4. The highest BCUT2D eigenvalue weighted by atomic mass is 35.5. The van der Waals surface area contributed by atoms with Crippen LogP contribution < -0.4 is 5.32 Å². The van der Waals surface area contributed by atoms with Gasteiger partial charge < -0.3 is 10.3 Å². The Balaban J connectivity index is 1.70. The van der Waals surface area contributed by atoms with Gasteiger partial charge in [0.25, 0.3) is 0 Å². The van der Waals surface area contributed by atoms with Crippen molar-refractivity contribution in [3.63, 3.8) is 0 Å². The van der Waals surface area contributed by atoms with Crippen LogP contribution in [0.4, 0.5) is 18.9 Å². The molecule has 6 nitrogen and oxygen atoms in total. The number of thioether (sulfide) groups is 1.